The normalized spacial score (nSPS) is 17.2. The summed E-state index contributed by atoms with van der Waals surface area (Å²) >= 11 is 0. The van der Waals surface area contributed by atoms with Gasteiger partial charge in [-0.3, -0.25) is 4.79 Å². The van der Waals surface area contributed by atoms with Crippen molar-refractivity contribution in [2.75, 3.05) is 0 Å². The van der Waals surface area contributed by atoms with E-state index in [4.69, 9.17) is 4.42 Å². The van der Waals surface area contributed by atoms with Gasteiger partial charge in [-0.05, 0) is 31.9 Å². The standard InChI is InChI=1S/C11H15NO2/c1-8-6-7-10(14-8)11(13)12-9-4-2-3-5-9/h6-7,9H,2-5H2,1H3,(H,12,13). The molecule has 1 aliphatic carbocycles. The fourth-order valence-electron chi connectivity index (χ4n) is 1.88. The number of nitrogens with one attached hydrogen (secondary N) is 1. The Morgan fingerprint density at radius 2 is 2.14 bits per heavy atom. The van der Waals surface area contributed by atoms with Crippen molar-refractivity contribution in [1.82, 2.24) is 5.32 Å². The van der Waals surface area contributed by atoms with Crippen LogP contribution >= 0.6 is 0 Å². The van der Waals surface area contributed by atoms with Gasteiger partial charge in [-0.2, -0.15) is 0 Å². The van der Waals surface area contributed by atoms with Crippen molar-refractivity contribution in [3.05, 3.63) is 23.7 Å². The minimum Gasteiger partial charge on any atom is -0.456 e. The number of carbonyl (C=O) groups excluding carboxylic acids is 1. The van der Waals surface area contributed by atoms with Gasteiger partial charge in [0.15, 0.2) is 5.76 Å². The van der Waals surface area contributed by atoms with Gasteiger partial charge in [-0.25, -0.2) is 0 Å². The number of amides is 1. The van der Waals surface area contributed by atoms with Gasteiger partial charge < -0.3 is 9.73 Å². The van der Waals surface area contributed by atoms with Crippen molar-refractivity contribution in [3.63, 3.8) is 0 Å². The summed E-state index contributed by atoms with van der Waals surface area (Å²) in [5.74, 6) is 1.13. The number of rotatable bonds is 2. The Labute approximate surface area is 83.5 Å². The maximum atomic E-state index is 11.6. The van der Waals surface area contributed by atoms with E-state index in [2.05, 4.69) is 5.32 Å². The summed E-state index contributed by atoms with van der Waals surface area (Å²) in [5, 5.41) is 2.98. The average molecular weight is 193 g/mol. The first-order valence-corrected chi connectivity index (χ1v) is 5.13. The third kappa shape index (κ3) is 1.97. The first-order chi connectivity index (χ1) is 6.75. The minimum atomic E-state index is -0.0787. The van der Waals surface area contributed by atoms with Crippen LogP contribution in [0.25, 0.3) is 0 Å². The van der Waals surface area contributed by atoms with Crippen LogP contribution in [0, 0.1) is 6.92 Å². The van der Waals surface area contributed by atoms with Crippen molar-refractivity contribution in [1.29, 1.82) is 0 Å². The van der Waals surface area contributed by atoms with Crippen molar-refractivity contribution in [2.45, 2.75) is 38.6 Å². The highest BCUT2D eigenvalue weighted by Crippen LogP contribution is 2.18. The summed E-state index contributed by atoms with van der Waals surface area (Å²) in [6, 6.07) is 3.89. The number of carbonyl (C=O) groups is 1. The number of hydrogen-bond donors (Lipinski definition) is 1. The Bertz CT molecular complexity index is 324. The molecule has 0 aromatic carbocycles. The van der Waals surface area contributed by atoms with Gasteiger partial charge in [0, 0.05) is 6.04 Å². The Balaban J connectivity index is 1.95. The zero-order valence-corrected chi connectivity index (χ0v) is 8.38. The Hall–Kier alpha value is -1.25. The second-order valence-corrected chi connectivity index (χ2v) is 3.87. The molecule has 76 valence electrons. The first kappa shape index (κ1) is 9.31. The molecular formula is C11H15NO2. The molecule has 0 saturated heterocycles. The largest absolute Gasteiger partial charge is 0.456 e. The molecule has 2 rings (SSSR count). The van der Waals surface area contributed by atoms with Crippen LogP contribution in [0.1, 0.15) is 42.0 Å². The maximum Gasteiger partial charge on any atom is 0.287 e. The highest BCUT2D eigenvalue weighted by atomic mass is 16.3. The lowest BCUT2D eigenvalue weighted by Gasteiger charge is -2.09. The van der Waals surface area contributed by atoms with Crippen LogP contribution < -0.4 is 5.32 Å². The summed E-state index contributed by atoms with van der Waals surface area (Å²) in [4.78, 5) is 11.6. The molecule has 1 amide bonds. The van der Waals surface area contributed by atoms with E-state index in [0.717, 1.165) is 18.6 Å². The molecular weight excluding hydrogens is 178 g/mol. The summed E-state index contributed by atoms with van der Waals surface area (Å²) < 4.78 is 5.24. The second kappa shape index (κ2) is 3.86. The van der Waals surface area contributed by atoms with Crippen molar-refractivity contribution in [2.24, 2.45) is 0 Å². The molecule has 0 aliphatic heterocycles. The number of hydrogen-bond acceptors (Lipinski definition) is 2. The monoisotopic (exact) mass is 193 g/mol. The molecule has 3 heteroatoms. The fraction of sp³-hybridized carbons (Fsp3) is 0.545. The van der Waals surface area contributed by atoms with Crippen molar-refractivity contribution < 1.29 is 9.21 Å². The van der Waals surface area contributed by atoms with Crippen LogP contribution in [0.5, 0.6) is 0 Å². The van der Waals surface area contributed by atoms with E-state index in [9.17, 15) is 4.79 Å². The molecule has 1 aliphatic rings. The average Bonchev–Trinajstić information content (AvgIpc) is 2.75. The van der Waals surface area contributed by atoms with Crippen LogP contribution in [0.2, 0.25) is 0 Å². The van der Waals surface area contributed by atoms with E-state index < -0.39 is 0 Å². The smallest absolute Gasteiger partial charge is 0.287 e. The van der Waals surface area contributed by atoms with Gasteiger partial charge in [0.05, 0.1) is 0 Å². The molecule has 0 radical (unpaired) electrons. The molecule has 1 aromatic rings. The fourth-order valence-corrected chi connectivity index (χ4v) is 1.88. The molecule has 3 nitrogen and oxygen atoms in total. The van der Waals surface area contributed by atoms with E-state index in [1.165, 1.54) is 12.8 Å². The van der Waals surface area contributed by atoms with E-state index in [0.29, 0.717) is 11.8 Å². The van der Waals surface area contributed by atoms with Gasteiger partial charge in [0.1, 0.15) is 5.76 Å². The maximum absolute atomic E-state index is 11.6. The first-order valence-electron chi connectivity index (χ1n) is 5.13. The lowest BCUT2D eigenvalue weighted by Crippen LogP contribution is -2.32. The van der Waals surface area contributed by atoms with E-state index in [1.54, 1.807) is 6.07 Å². The van der Waals surface area contributed by atoms with Gasteiger partial charge >= 0.3 is 0 Å². The molecule has 1 N–H and O–H groups in total. The van der Waals surface area contributed by atoms with Crippen LogP contribution in [-0.4, -0.2) is 11.9 Å². The SMILES string of the molecule is Cc1ccc(C(=O)NC2CCCC2)o1. The Kier molecular flexibility index (Phi) is 2.57. The third-order valence-electron chi connectivity index (χ3n) is 2.65. The zero-order chi connectivity index (χ0) is 9.97. The Morgan fingerprint density at radius 1 is 1.43 bits per heavy atom. The molecule has 1 aromatic heterocycles. The lowest BCUT2D eigenvalue weighted by atomic mass is 10.2. The number of aryl methyl sites for hydroxylation is 1. The molecule has 1 heterocycles. The third-order valence-corrected chi connectivity index (χ3v) is 2.65. The van der Waals surface area contributed by atoms with Crippen molar-refractivity contribution in [3.8, 4) is 0 Å². The summed E-state index contributed by atoms with van der Waals surface area (Å²) in [7, 11) is 0. The van der Waals surface area contributed by atoms with E-state index in [-0.39, 0.29) is 5.91 Å². The van der Waals surface area contributed by atoms with E-state index >= 15 is 0 Å². The van der Waals surface area contributed by atoms with Crippen LogP contribution in [0.4, 0.5) is 0 Å². The van der Waals surface area contributed by atoms with Gasteiger partial charge in [0.25, 0.3) is 5.91 Å². The molecule has 0 unspecified atom stereocenters. The van der Waals surface area contributed by atoms with Crippen LogP contribution in [0.3, 0.4) is 0 Å². The summed E-state index contributed by atoms with van der Waals surface area (Å²) in [6.07, 6.45) is 4.65. The molecule has 0 spiro atoms. The topological polar surface area (TPSA) is 42.2 Å². The van der Waals surface area contributed by atoms with Gasteiger partial charge in [0.2, 0.25) is 0 Å². The summed E-state index contributed by atoms with van der Waals surface area (Å²) in [5.41, 5.74) is 0. The molecule has 1 fully saturated rings. The van der Waals surface area contributed by atoms with Crippen molar-refractivity contribution >= 4 is 5.91 Å². The number of furan rings is 1. The predicted octanol–water partition coefficient (Wildman–Crippen LogP) is 2.26. The molecule has 1 saturated carbocycles. The highest BCUT2D eigenvalue weighted by Gasteiger charge is 2.19. The zero-order valence-electron chi connectivity index (χ0n) is 8.38. The lowest BCUT2D eigenvalue weighted by molar-refractivity contribution is 0.0908. The van der Waals surface area contributed by atoms with Crippen LogP contribution in [0.15, 0.2) is 16.5 Å². The molecule has 0 atom stereocenters. The van der Waals surface area contributed by atoms with Gasteiger partial charge in [-0.15, -0.1) is 0 Å². The van der Waals surface area contributed by atoms with Crippen LogP contribution in [-0.2, 0) is 0 Å². The van der Waals surface area contributed by atoms with Gasteiger partial charge in [-0.1, -0.05) is 12.8 Å². The predicted molar refractivity (Wildman–Crippen MR) is 53.2 cm³/mol. The quantitative estimate of drug-likeness (QED) is 0.782. The van der Waals surface area contributed by atoms with E-state index in [1.807, 2.05) is 13.0 Å². The minimum absolute atomic E-state index is 0.0787. The highest BCUT2D eigenvalue weighted by molar-refractivity contribution is 5.91. The molecule has 0 bridgehead atoms. The molecule has 14 heavy (non-hydrogen) atoms. The Morgan fingerprint density at radius 3 is 2.71 bits per heavy atom. The second-order valence-electron chi connectivity index (χ2n) is 3.87. The summed E-state index contributed by atoms with van der Waals surface area (Å²) in [6.45, 7) is 1.84.